The van der Waals surface area contributed by atoms with E-state index in [9.17, 15) is 31.5 Å². The van der Waals surface area contributed by atoms with Crippen LogP contribution in [0, 0.1) is 11.6 Å². The number of carboxylic acids is 1. The molecule has 4 nitrogen and oxygen atoms in total. The molecule has 0 aliphatic heterocycles. The molecule has 0 spiro atoms. The monoisotopic (exact) mass is 325 g/mol. The number of rotatable bonds is 6. The van der Waals surface area contributed by atoms with Crippen LogP contribution in [0.3, 0.4) is 0 Å². The number of hydrogen-bond acceptors (Lipinski definition) is 2. The lowest BCUT2D eigenvalue weighted by Gasteiger charge is -2.16. The molecule has 0 aromatic heterocycles. The zero-order valence-corrected chi connectivity index (χ0v) is 11.1. The maximum absolute atomic E-state index is 13.3. The van der Waals surface area contributed by atoms with Crippen LogP contribution in [0.4, 0.5) is 22.0 Å². The van der Waals surface area contributed by atoms with Crippen molar-refractivity contribution in [1.29, 1.82) is 0 Å². The van der Waals surface area contributed by atoms with E-state index in [0.717, 1.165) is 18.2 Å². The number of aryl methyl sites for hydroxylation is 1. The second-order valence-electron chi connectivity index (χ2n) is 4.51. The molecule has 1 rings (SSSR count). The van der Waals surface area contributed by atoms with E-state index in [4.69, 9.17) is 5.11 Å². The Kier molecular flexibility index (Phi) is 5.84. The first kappa shape index (κ1) is 17.9. The summed E-state index contributed by atoms with van der Waals surface area (Å²) in [6.07, 6.45) is -7.22. The maximum atomic E-state index is 13.3. The predicted octanol–water partition coefficient (Wildman–Crippen LogP) is 2.42. The van der Waals surface area contributed by atoms with Crippen LogP contribution < -0.4 is 5.32 Å². The van der Waals surface area contributed by atoms with E-state index in [1.165, 1.54) is 0 Å². The summed E-state index contributed by atoms with van der Waals surface area (Å²) in [4.78, 5) is 22.1. The summed E-state index contributed by atoms with van der Waals surface area (Å²) in [5, 5.41) is 10.3. The topological polar surface area (TPSA) is 66.4 Å². The quantitative estimate of drug-likeness (QED) is 0.790. The van der Waals surface area contributed by atoms with Gasteiger partial charge in [-0.25, -0.2) is 13.6 Å². The third-order valence-corrected chi connectivity index (χ3v) is 2.70. The number of alkyl halides is 3. The van der Waals surface area contributed by atoms with Crippen molar-refractivity contribution >= 4 is 11.9 Å². The van der Waals surface area contributed by atoms with Gasteiger partial charge in [0.2, 0.25) is 5.91 Å². The number of aliphatic carboxylic acids is 1. The van der Waals surface area contributed by atoms with Gasteiger partial charge >= 0.3 is 12.1 Å². The summed E-state index contributed by atoms with van der Waals surface area (Å²) in [7, 11) is 0. The molecule has 1 amide bonds. The Morgan fingerprint density at radius 1 is 1.23 bits per heavy atom. The molecule has 1 aromatic rings. The SMILES string of the molecule is O=C(CCc1cc(F)ccc1F)NC(CC(F)(F)F)C(=O)O. The van der Waals surface area contributed by atoms with Gasteiger partial charge in [0.1, 0.15) is 17.7 Å². The van der Waals surface area contributed by atoms with Crippen molar-refractivity contribution in [3.63, 3.8) is 0 Å². The first-order valence-electron chi connectivity index (χ1n) is 6.11. The predicted molar refractivity (Wildman–Crippen MR) is 64.9 cm³/mol. The molecule has 0 saturated heterocycles. The summed E-state index contributed by atoms with van der Waals surface area (Å²) in [6.45, 7) is 0. The Hall–Kier alpha value is -2.19. The standard InChI is InChI=1S/C13H12F5NO3/c14-8-2-3-9(15)7(5-8)1-4-11(20)19-10(12(21)22)6-13(16,17)18/h2-3,5,10H,1,4,6H2,(H,19,20)(H,21,22). The molecular weight excluding hydrogens is 313 g/mol. The van der Waals surface area contributed by atoms with Crippen molar-refractivity contribution in [3.05, 3.63) is 35.4 Å². The lowest BCUT2D eigenvalue weighted by molar-refractivity contribution is -0.160. The number of halogens is 5. The second-order valence-corrected chi connectivity index (χ2v) is 4.51. The highest BCUT2D eigenvalue weighted by Gasteiger charge is 2.36. The Balaban J connectivity index is 2.61. The minimum atomic E-state index is -4.76. The van der Waals surface area contributed by atoms with Crippen LogP contribution in [-0.4, -0.2) is 29.2 Å². The Morgan fingerprint density at radius 3 is 2.41 bits per heavy atom. The summed E-state index contributed by atoms with van der Waals surface area (Å²) < 4.78 is 62.7. The number of carboxylic acid groups (broad SMARTS) is 1. The molecule has 9 heteroatoms. The number of benzene rings is 1. The van der Waals surface area contributed by atoms with E-state index < -0.39 is 48.6 Å². The van der Waals surface area contributed by atoms with E-state index in [0.29, 0.717) is 0 Å². The Bertz CT molecular complexity index is 559. The largest absolute Gasteiger partial charge is 0.480 e. The van der Waals surface area contributed by atoms with Crippen molar-refractivity contribution in [3.8, 4) is 0 Å². The number of amides is 1. The van der Waals surface area contributed by atoms with Crippen LogP contribution >= 0.6 is 0 Å². The highest BCUT2D eigenvalue weighted by molar-refractivity contribution is 5.83. The fourth-order valence-corrected chi connectivity index (χ4v) is 1.68. The van der Waals surface area contributed by atoms with Crippen molar-refractivity contribution in [2.24, 2.45) is 0 Å². The summed E-state index contributed by atoms with van der Waals surface area (Å²) >= 11 is 0. The summed E-state index contributed by atoms with van der Waals surface area (Å²) in [6, 6.07) is 0.465. The Morgan fingerprint density at radius 2 is 1.86 bits per heavy atom. The van der Waals surface area contributed by atoms with Crippen LogP contribution in [0.15, 0.2) is 18.2 Å². The molecule has 0 heterocycles. The van der Waals surface area contributed by atoms with Gasteiger partial charge in [0.05, 0.1) is 6.42 Å². The van der Waals surface area contributed by atoms with Gasteiger partial charge in [-0.1, -0.05) is 0 Å². The van der Waals surface area contributed by atoms with Gasteiger partial charge in [-0.2, -0.15) is 13.2 Å². The molecule has 22 heavy (non-hydrogen) atoms. The smallest absolute Gasteiger partial charge is 0.391 e. The molecular formula is C13H12F5NO3. The summed E-state index contributed by atoms with van der Waals surface area (Å²) in [5.74, 6) is -4.32. The third-order valence-electron chi connectivity index (χ3n) is 2.70. The van der Waals surface area contributed by atoms with E-state index in [-0.39, 0.29) is 12.0 Å². The first-order valence-corrected chi connectivity index (χ1v) is 6.11. The average molecular weight is 325 g/mol. The molecule has 0 fully saturated rings. The van der Waals surface area contributed by atoms with Crippen LogP contribution in [0.1, 0.15) is 18.4 Å². The van der Waals surface area contributed by atoms with E-state index >= 15 is 0 Å². The highest BCUT2D eigenvalue weighted by Crippen LogP contribution is 2.21. The molecule has 0 saturated carbocycles. The minimum Gasteiger partial charge on any atom is -0.480 e. The molecule has 0 bridgehead atoms. The minimum absolute atomic E-state index is 0.127. The van der Waals surface area contributed by atoms with Crippen LogP contribution in [-0.2, 0) is 16.0 Å². The van der Waals surface area contributed by atoms with Crippen molar-refractivity contribution in [2.45, 2.75) is 31.5 Å². The summed E-state index contributed by atoms with van der Waals surface area (Å²) in [5.41, 5.74) is -0.127. The van der Waals surface area contributed by atoms with Crippen molar-refractivity contribution in [1.82, 2.24) is 5.32 Å². The molecule has 2 N–H and O–H groups in total. The molecule has 0 aliphatic rings. The fraction of sp³-hybridized carbons (Fsp3) is 0.385. The van der Waals surface area contributed by atoms with E-state index in [1.54, 1.807) is 5.32 Å². The Labute approximate surface area is 121 Å². The van der Waals surface area contributed by atoms with Gasteiger partial charge in [-0.3, -0.25) is 4.79 Å². The van der Waals surface area contributed by atoms with Crippen molar-refractivity contribution < 1.29 is 36.6 Å². The molecule has 0 aliphatic carbocycles. The highest BCUT2D eigenvalue weighted by atomic mass is 19.4. The molecule has 122 valence electrons. The second kappa shape index (κ2) is 7.19. The van der Waals surface area contributed by atoms with E-state index in [1.807, 2.05) is 0 Å². The number of hydrogen-bond donors (Lipinski definition) is 2. The van der Waals surface area contributed by atoms with Gasteiger partial charge in [0.25, 0.3) is 0 Å². The van der Waals surface area contributed by atoms with Crippen LogP contribution in [0.2, 0.25) is 0 Å². The number of carbonyl (C=O) groups is 2. The average Bonchev–Trinajstić information content (AvgIpc) is 2.37. The van der Waals surface area contributed by atoms with Crippen LogP contribution in [0.25, 0.3) is 0 Å². The molecule has 1 unspecified atom stereocenters. The van der Waals surface area contributed by atoms with Crippen LogP contribution in [0.5, 0.6) is 0 Å². The van der Waals surface area contributed by atoms with Gasteiger partial charge in [-0.15, -0.1) is 0 Å². The van der Waals surface area contributed by atoms with Gasteiger partial charge in [0, 0.05) is 6.42 Å². The normalized spacial score (nSPS) is 12.8. The number of carbonyl (C=O) groups excluding carboxylic acids is 1. The maximum Gasteiger partial charge on any atom is 0.391 e. The molecule has 1 aromatic carbocycles. The first-order chi connectivity index (χ1) is 10.1. The van der Waals surface area contributed by atoms with Gasteiger partial charge < -0.3 is 10.4 Å². The van der Waals surface area contributed by atoms with Gasteiger partial charge in [-0.05, 0) is 30.2 Å². The van der Waals surface area contributed by atoms with Gasteiger partial charge in [0.15, 0.2) is 0 Å². The third kappa shape index (κ3) is 6.06. The lowest BCUT2D eigenvalue weighted by Crippen LogP contribution is -2.43. The zero-order chi connectivity index (χ0) is 16.9. The number of nitrogens with one attached hydrogen (secondary N) is 1. The molecule has 0 radical (unpaired) electrons. The van der Waals surface area contributed by atoms with Crippen molar-refractivity contribution in [2.75, 3.05) is 0 Å². The van der Waals surface area contributed by atoms with E-state index in [2.05, 4.69) is 0 Å². The molecule has 1 atom stereocenters. The zero-order valence-electron chi connectivity index (χ0n) is 11.1. The fourth-order valence-electron chi connectivity index (χ4n) is 1.68. The lowest BCUT2D eigenvalue weighted by atomic mass is 10.1.